The fraction of sp³-hybridized carbons (Fsp3) is 0.300. The van der Waals surface area contributed by atoms with E-state index in [1.807, 2.05) is 30.3 Å². The van der Waals surface area contributed by atoms with Crippen LogP contribution in [0.3, 0.4) is 0 Å². The number of benzene rings is 2. The van der Waals surface area contributed by atoms with Gasteiger partial charge in [0.25, 0.3) is 5.91 Å². The summed E-state index contributed by atoms with van der Waals surface area (Å²) in [5.41, 5.74) is 0.514. The molecule has 1 aliphatic rings. The van der Waals surface area contributed by atoms with Crippen LogP contribution in [-0.2, 0) is 4.79 Å². The fourth-order valence-electron chi connectivity index (χ4n) is 3.11. The number of methoxy groups -OCH3 is 1. The monoisotopic (exact) mass is 354 g/mol. The third kappa shape index (κ3) is 3.79. The van der Waals surface area contributed by atoms with Gasteiger partial charge in [0.1, 0.15) is 23.6 Å². The fourth-order valence-corrected chi connectivity index (χ4v) is 3.11. The van der Waals surface area contributed by atoms with Crippen molar-refractivity contribution >= 4 is 11.8 Å². The lowest BCUT2D eigenvalue weighted by molar-refractivity contribution is -0.124. The smallest absolute Gasteiger partial charge is 0.254 e. The predicted molar refractivity (Wildman–Crippen MR) is 97.4 cm³/mol. The van der Waals surface area contributed by atoms with Crippen LogP contribution in [0.15, 0.2) is 54.6 Å². The summed E-state index contributed by atoms with van der Waals surface area (Å²) >= 11 is 0. The second-order valence-electron chi connectivity index (χ2n) is 6.10. The van der Waals surface area contributed by atoms with Gasteiger partial charge >= 0.3 is 0 Å². The molecule has 2 aromatic rings. The number of likely N-dealkylation sites (tertiary alicyclic amines) is 1. The van der Waals surface area contributed by atoms with Gasteiger partial charge in [0, 0.05) is 19.0 Å². The Morgan fingerprint density at radius 2 is 1.73 bits per heavy atom. The Hall–Kier alpha value is -3.02. The van der Waals surface area contributed by atoms with E-state index in [2.05, 4.69) is 5.32 Å². The van der Waals surface area contributed by atoms with Gasteiger partial charge in [-0.05, 0) is 36.4 Å². The number of hydrogen-bond acceptors (Lipinski definition) is 4. The van der Waals surface area contributed by atoms with E-state index in [0.717, 1.165) is 5.75 Å². The number of amides is 2. The van der Waals surface area contributed by atoms with Crippen molar-refractivity contribution in [2.24, 2.45) is 0 Å². The van der Waals surface area contributed by atoms with Crippen LogP contribution in [-0.4, -0.2) is 49.6 Å². The van der Waals surface area contributed by atoms with Crippen molar-refractivity contribution in [1.29, 1.82) is 0 Å². The zero-order valence-electron chi connectivity index (χ0n) is 14.8. The van der Waals surface area contributed by atoms with E-state index < -0.39 is 6.04 Å². The van der Waals surface area contributed by atoms with Crippen LogP contribution in [0.5, 0.6) is 11.5 Å². The third-order valence-electron chi connectivity index (χ3n) is 4.46. The molecule has 2 atom stereocenters. The highest BCUT2D eigenvalue weighted by molar-refractivity contribution is 5.98. The SMILES string of the molecule is CNC(=O)[C@@H]1C[C@H](Oc2ccccc2)CN1C(=O)c1ccc(OC)cc1. The molecule has 0 unspecified atom stereocenters. The van der Waals surface area contributed by atoms with Crippen molar-refractivity contribution in [3.8, 4) is 11.5 Å². The standard InChI is InChI=1S/C20H22N2O4/c1-21-19(23)18-12-17(26-16-6-4-3-5-7-16)13-22(18)20(24)14-8-10-15(25-2)11-9-14/h3-11,17-18H,12-13H2,1-2H3,(H,21,23)/t17-,18-/m0/s1. The Morgan fingerprint density at radius 3 is 2.35 bits per heavy atom. The molecule has 1 heterocycles. The Bertz CT molecular complexity index is 761. The quantitative estimate of drug-likeness (QED) is 0.893. The first-order valence-electron chi connectivity index (χ1n) is 8.50. The average Bonchev–Trinajstić information content (AvgIpc) is 3.11. The maximum Gasteiger partial charge on any atom is 0.254 e. The topological polar surface area (TPSA) is 67.9 Å². The van der Waals surface area contributed by atoms with Crippen molar-refractivity contribution in [2.75, 3.05) is 20.7 Å². The van der Waals surface area contributed by atoms with Crippen LogP contribution in [0.1, 0.15) is 16.8 Å². The summed E-state index contributed by atoms with van der Waals surface area (Å²) in [6.45, 7) is 0.359. The first-order valence-corrected chi connectivity index (χ1v) is 8.50. The summed E-state index contributed by atoms with van der Waals surface area (Å²) in [4.78, 5) is 26.8. The Balaban J connectivity index is 1.78. The summed E-state index contributed by atoms with van der Waals surface area (Å²) in [5.74, 6) is 1.02. The van der Waals surface area contributed by atoms with Gasteiger partial charge in [0.2, 0.25) is 5.91 Å². The number of likely N-dealkylation sites (N-methyl/N-ethyl adjacent to an activating group) is 1. The van der Waals surface area contributed by atoms with E-state index in [1.165, 1.54) is 0 Å². The number of para-hydroxylation sites is 1. The van der Waals surface area contributed by atoms with Gasteiger partial charge < -0.3 is 19.7 Å². The first-order chi connectivity index (χ1) is 12.6. The molecule has 3 rings (SSSR count). The number of carbonyl (C=O) groups is 2. The van der Waals surface area contributed by atoms with E-state index in [-0.39, 0.29) is 17.9 Å². The van der Waals surface area contributed by atoms with E-state index in [9.17, 15) is 9.59 Å². The van der Waals surface area contributed by atoms with Gasteiger partial charge in [-0.2, -0.15) is 0 Å². The van der Waals surface area contributed by atoms with Gasteiger partial charge in [-0.1, -0.05) is 18.2 Å². The lowest BCUT2D eigenvalue weighted by atomic mass is 10.1. The number of nitrogens with one attached hydrogen (secondary N) is 1. The van der Waals surface area contributed by atoms with Crippen LogP contribution in [0, 0.1) is 0 Å². The van der Waals surface area contributed by atoms with Crippen molar-refractivity contribution in [2.45, 2.75) is 18.6 Å². The van der Waals surface area contributed by atoms with E-state index in [4.69, 9.17) is 9.47 Å². The van der Waals surface area contributed by atoms with Crippen molar-refractivity contribution in [3.63, 3.8) is 0 Å². The van der Waals surface area contributed by atoms with Crippen LogP contribution >= 0.6 is 0 Å². The number of carbonyl (C=O) groups excluding carboxylic acids is 2. The molecule has 1 N–H and O–H groups in total. The lowest BCUT2D eigenvalue weighted by Crippen LogP contribution is -2.44. The average molecular weight is 354 g/mol. The maximum atomic E-state index is 12.9. The van der Waals surface area contributed by atoms with Crippen LogP contribution in [0.4, 0.5) is 0 Å². The maximum absolute atomic E-state index is 12.9. The largest absolute Gasteiger partial charge is 0.497 e. The molecule has 0 radical (unpaired) electrons. The molecule has 1 fully saturated rings. The molecular weight excluding hydrogens is 332 g/mol. The molecule has 0 spiro atoms. The summed E-state index contributed by atoms with van der Waals surface area (Å²) in [6, 6.07) is 15.7. The number of nitrogens with zero attached hydrogens (tertiary/aromatic N) is 1. The Kier molecular flexibility index (Phi) is 5.41. The number of hydrogen-bond donors (Lipinski definition) is 1. The lowest BCUT2D eigenvalue weighted by Gasteiger charge is -2.23. The molecule has 136 valence electrons. The molecule has 2 aromatic carbocycles. The molecule has 0 saturated carbocycles. The van der Waals surface area contributed by atoms with Crippen molar-refractivity contribution in [3.05, 3.63) is 60.2 Å². The molecule has 0 bridgehead atoms. The summed E-state index contributed by atoms with van der Waals surface area (Å²) in [7, 11) is 3.15. The molecule has 6 nitrogen and oxygen atoms in total. The normalized spacial score (nSPS) is 19.1. The molecular formula is C20H22N2O4. The van der Waals surface area contributed by atoms with Crippen molar-refractivity contribution in [1.82, 2.24) is 10.2 Å². The third-order valence-corrected chi connectivity index (χ3v) is 4.46. The Morgan fingerprint density at radius 1 is 1.04 bits per heavy atom. The first kappa shape index (κ1) is 17.8. The summed E-state index contributed by atoms with van der Waals surface area (Å²) in [5, 5.41) is 2.64. The second kappa shape index (κ2) is 7.91. The van der Waals surface area contributed by atoms with Gasteiger partial charge in [0.15, 0.2) is 0 Å². The van der Waals surface area contributed by atoms with Crippen LogP contribution in [0.25, 0.3) is 0 Å². The number of ether oxygens (including phenoxy) is 2. The minimum absolute atomic E-state index is 0.189. The van der Waals surface area contributed by atoms with Crippen LogP contribution in [0.2, 0.25) is 0 Å². The Labute approximate surface area is 152 Å². The summed E-state index contributed by atoms with van der Waals surface area (Å²) < 4.78 is 11.1. The molecule has 0 aromatic heterocycles. The highest BCUT2D eigenvalue weighted by Crippen LogP contribution is 2.25. The molecule has 1 saturated heterocycles. The second-order valence-corrected chi connectivity index (χ2v) is 6.10. The molecule has 0 aliphatic carbocycles. The predicted octanol–water partition coefficient (Wildman–Crippen LogP) is 2.10. The van der Waals surface area contributed by atoms with Crippen LogP contribution < -0.4 is 14.8 Å². The van der Waals surface area contributed by atoms with Gasteiger partial charge in [-0.3, -0.25) is 9.59 Å². The van der Waals surface area contributed by atoms with E-state index in [1.54, 1.807) is 43.3 Å². The summed E-state index contributed by atoms with van der Waals surface area (Å²) in [6.07, 6.45) is 0.220. The van der Waals surface area contributed by atoms with E-state index in [0.29, 0.717) is 24.3 Å². The minimum Gasteiger partial charge on any atom is -0.497 e. The van der Waals surface area contributed by atoms with Crippen molar-refractivity contribution < 1.29 is 19.1 Å². The molecule has 2 amide bonds. The highest BCUT2D eigenvalue weighted by Gasteiger charge is 2.40. The van der Waals surface area contributed by atoms with Gasteiger partial charge in [-0.15, -0.1) is 0 Å². The highest BCUT2D eigenvalue weighted by atomic mass is 16.5. The zero-order chi connectivity index (χ0) is 18.5. The van der Waals surface area contributed by atoms with E-state index >= 15 is 0 Å². The minimum atomic E-state index is -0.552. The molecule has 26 heavy (non-hydrogen) atoms. The molecule has 1 aliphatic heterocycles. The van der Waals surface area contributed by atoms with Gasteiger partial charge in [-0.25, -0.2) is 0 Å². The van der Waals surface area contributed by atoms with Gasteiger partial charge in [0.05, 0.1) is 13.7 Å². The molecule has 6 heteroatoms. The zero-order valence-corrected chi connectivity index (χ0v) is 14.8. The number of rotatable bonds is 5.